The molecule has 0 spiro atoms. The SMILES string of the molecule is O=S(Cc1cccc(CS(=O)c2ccccc2)c1)c1ccccc1. The first-order valence-electron chi connectivity index (χ1n) is 7.67. The zero-order chi connectivity index (χ0) is 16.8. The van der Waals surface area contributed by atoms with Crippen molar-refractivity contribution in [2.75, 3.05) is 0 Å². The van der Waals surface area contributed by atoms with Crippen LogP contribution >= 0.6 is 0 Å². The maximum absolute atomic E-state index is 12.4. The van der Waals surface area contributed by atoms with Crippen LogP contribution in [0.5, 0.6) is 0 Å². The molecular weight excluding hydrogens is 336 g/mol. The van der Waals surface area contributed by atoms with Gasteiger partial charge in [-0.2, -0.15) is 0 Å². The van der Waals surface area contributed by atoms with E-state index in [2.05, 4.69) is 0 Å². The van der Waals surface area contributed by atoms with Gasteiger partial charge in [-0.15, -0.1) is 0 Å². The van der Waals surface area contributed by atoms with E-state index in [-0.39, 0.29) is 0 Å². The van der Waals surface area contributed by atoms with E-state index < -0.39 is 21.6 Å². The first-order valence-corrected chi connectivity index (χ1v) is 10.3. The Balaban J connectivity index is 1.70. The summed E-state index contributed by atoms with van der Waals surface area (Å²) in [4.78, 5) is 1.66. The smallest absolute Gasteiger partial charge is 0.0574 e. The molecule has 2 unspecified atom stereocenters. The van der Waals surface area contributed by atoms with Crippen molar-refractivity contribution in [1.29, 1.82) is 0 Å². The number of rotatable bonds is 6. The van der Waals surface area contributed by atoms with Crippen molar-refractivity contribution in [2.24, 2.45) is 0 Å². The third-order valence-corrected chi connectivity index (χ3v) is 6.39. The Morgan fingerprint density at radius 2 is 0.958 bits per heavy atom. The van der Waals surface area contributed by atoms with E-state index in [0.29, 0.717) is 11.5 Å². The minimum atomic E-state index is -1.07. The average Bonchev–Trinajstić information content (AvgIpc) is 2.63. The molecule has 2 nitrogen and oxygen atoms in total. The van der Waals surface area contributed by atoms with Crippen molar-refractivity contribution < 1.29 is 8.42 Å². The lowest BCUT2D eigenvalue weighted by molar-refractivity contribution is 0.682. The Morgan fingerprint density at radius 1 is 0.542 bits per heavy atom. The summed E-state index contributed by atoms with van der Waals surface area (Å²) < 4.78 is 24.8. The molecule has 0 N–H and O–H groups in total. The number of hydrogen-bond acceptors (Lipinski definition) is 2. The minimum absolute atomic E-state index is 0.468. The third kappa shape index (κ3) is 4.49. The second-order valence-electron chi connectivity index (χ2n) is 5.43. The Morgan fingerprint density at radius 3 is 1.38 bits per heavy atom. The topological polar surface area (TPSA) is 34.1 Å². The van der Waals surface area contributed by atoms with Crippen LogP contribution in [-0.2, 0) is 33.1 Å². The normalized spacial score (nSPS) is 13.3. The highest BCUT2D eigenvalue weighted by atomic mass is 32.2. The van der Waals surface area contributed by atoms with Crippen LogP contribution in [0.3, 0.4) is 0 Å². The fraction of sp³-hybridized carbons (Fsp3) is 0.100. The molecule has 122 valence electrons. The predicted molar refractivity (Wildman–Crippen MR) is 99.6 cm³/mol. The van der Waals surface area contributed by atoms with Gasteiger partial charge in [0.1, 0.15) is 0 Å². The molecule has 0 aromatic heterocycles. The van der Waals surface area contributed by atoms with Crippen LogP contribution in [-0.4, -0.2) is 8.42 Å². The third-order valence-electron chi connectivity index (χ3n) is 3.60. The van der Waals surface area contributed by atoms with Crippen LogP contribution in [0.15, 0.2) is 94.7 Å². The molecule has 0 fully saturated rings. The number of hydrogen-bond donors (Lipinski definition) is 0. The molecule has 0 aliphatic heterocycles. The second-order valence-corrected chi connectivity index (χ2v) is 8.33. The van der Waals surface area contributed by atoms with Crippen molar-refractivity contribution in [3.8, 4) is 0 Å². The Labute approximate surface area is 147 Å². The average molecular weight is 354 g/mol. The lowest BCUT2D eigenvalue weighted by Gasteiger charge is -2.06. The van der Waals surface area contributed by atoms with E-state index in [9.17, 15) is 8.42 Å². The van der Waals surface area contributed by atoms with E-state index in [0.717, 1.165) is 20.9 Å². The van der Waals surface area contributed by atoms with Crippen molar-refractivity contribution >= 4 is 21.6 Å². The van der Waals surface area contributed by atoms with Gasteiger partial charge in [-0.3, -0.25) is 8.42 Å². The lowest BCUT2D eigenvalue weighted by Crippen LogP contribution is -1.99. The van der Waals surface area contributed by atoms with E-state index in [1.165, 1.54) is 0 Å². The van der Waals surface area contributed by atoms with Gasteiger partial charge in [0.15, 0.2) is 0 Å². The molecule has 2 atom stereocenters. The fourth-order valence-electron chi connectivity index (χ4n) is 2.42. The molecule has 24 heavy (non-hydrogen) atoms. The lowest BCUT2D eigenvalue weighted by atomic mass is 10.2. The molecule has 3 aromatic rings. The van der Waals surface area contributed by atoms with Crippen molar-refractivity contribution in [3.63, 3.8) is 0 Å². The molecular formula is C20H18O2S2. The van der Waals surface area contributed by atoms with Crippen LogP contribution in [0.25, 0.3) is 0 Å². The van der Waals surface area contributed by atoms with Crippen LogP contribution in [0.4, 0.5) is 0 Å². The summed E-state index contributed by atoms with van der Waals surface area (Å²) in [6, 6.07) is 26.8. The highest BCUT2D eigenvalue weighted by Gasteiger charge is 2.08. The van der Waals surface area contributed by atoms with E-state index >= 15 is 0 Å². The summed E-state index contributed by atoms with van der Waals surface area (Å²) in [5.74, 6) is 0.936. The van der Waals surface area contributed by atoms with Crippen LogP contribution in [0.2, 0.25) is 0 Å². The summed E-state index contributed by atoms with van der Waals surface area (Å²) in [6.07, 6.45) is 0. The molecule has 0 radical (unpaired) electrons. The Bertz CT molecular complexity index is 777. The van der Waals surface area contributed by atoms with Gasteiger partial charge in [0.2, 0.25) is 0 Å². The standard InChI is InChI=1S/C20H18O2S2/c21-23(19-10-3-1-4-11-19)15-17-8-7-9-18(14-17)16-24(22)20-12-5-2-6-13-20/h1-14H,15-16H2. The number of benzene rings is 3. The van der Waals surface area contributed by atoms with Gasteiger partial charge in [-0.25, -0.2) is 0 Å². The van der Waals surface area contributed by atoms with E-state index in [4.69, 9.17) is 0 Å². The second kappa shape index (κ2) is 8.18. The van der Waals surface area contributed by atoms with E-state index in [1.807, 2.05) is 84.9 Å². The van der Waals surface area contributed by atoms with E-state index in [1.54, 1.807) is 0 Å². The van der Waals surface area contributed by atoms with Gasteiger partial charge in [0, 0.05) is 9.79 Å². The van der Waals surface area contributed by atoms with Gasteiger partial charge in [-0.05, 0) is 35.4 Å². The summed E-state index contributed by atoms with van der Waals surface area (Å²) in [5.41, 5.74) is 2.00. The maximum atomic E-state index is 12.4. The molecule has 0 amide bonds. The Kier molecular flexibility index (Phi) is 5.72. The minimum Gasteiger partial charge on any atom is -0.254 e. The molecule has 0 aliphatic carbocycles. The molecule has 0 saturated heterocycles. The molecule has 0 saturated carbocycles. The molecule has 0 bridgehead atoms. The van der Waals surface area contributed by atoms with Crippen molar-refractivity contribution in [2.45, 2.75) is 21.3 Å². The van der Waals surface area contributed by atoms with Crippen molar-refractivity contribution in [1.82, 2.24) is 0 Å². The van der Waals surface area contributed by atoms with Crippen LogP contribution < -0.4 is 0 Å². The predicted octanol–water partition coefficient (Wildman–Crippen LogP) is 4.30. The van der Waals surface area contributed by atoms with Crippen molar-refractivity contribution in [3.05, 3.63) is 96.1 Å². The summed E-state index contributed by atoms with van der Waals surface area (Å²) in [6.45, 7) is 0. The molecule has 4 heteroatoms. The summed E-state index contributed by atoms with van der Waals surface area (Å²) in [5, 5.41) is 0. The zero-order valence-electron chi connectivity index (χ0n) is 13.1. The largest absolute Gasteiger partial charge is 0.254 e. The molecule has 0 heterocycles. The van der Waals surface area contributed by atoms with Gasteiger partial charge in [0.05, 0.1) is 33.1 Å². The molecule has 3 aromatic carbocycles. The monoisotopic (exact) mass is 354 g/mol. The quantitative estimate of drug-likeness (QED) is 0.661. The molecule has 3 rings (SSSR count). The molecule has 0 aliphatic rings. The van der Waals surface area contributed by atoms with Gasteiger partial charge in [0.25, 0.3) is 0 Å². The first-order chi connectivity index (χ1) is 11.7. The van der Waals surface area contributed by atoms with Gasteiger partial charge < -0.3 is 0 Å². The zero-order valence-corrected chi connectivity index (χ0v) is 14.8. The highest BCUT2D eigenvalue weighted by molar-refractivity contribution is 7.84. The fourth-order valence-corrected chi connectivity index (χ4v) is 4.64. The maximum Gasteiger partial charge on any atom is 0.0574 e. The first kappa shape index (κ1) is 16.8. The van der Waals surface area contributed by atoms with Gasteiger partial charge in [-0.1, -0.05) is 60.7 Å². The highest BCUT2D eigenvalue weighted by Crippen LogP contribution is 2.16. The Hall–Kier alpha value is -2.04. The van der Waals surface area contributed by atoms with Crippen LogP contribution in [0, 0.1) is 0 Å². The van der Waals surface area contributed by atoms with Gasteiger partial charge >= 0.3 is 0 Å². The van der Waals surface area contributed by atoms with Crippen LogP contribution in [0.1, 0.15) is 11.1 Å². The summed E-state index contributed by atoms with van der Waals surface area (Å²) in [7, 11) is -2.13. The summed E-state index contributed by atoms with van der Waals surface area (Å²) >= 11 is 0.